The van der Waals surface area contributed by atoms with Crippen molar-refractivity contribution in [2.24, 2.45) is 0 Å². The van der Waals surface area contributed by atoms with Crippen LogP contribution in [0.5, 0.6) is 11.5 Å². The van der Waals surface area contributed by atoms with E-state index in [1.165, 1.54) is 66.8 Å². The normalized spacial score (nSPS) is 12.0. The Morgan fingerprint density at radius 3 is 1.18 bits per heavy atom. The molecule has 0 amide bonds. The predicted octanol–water partition coefficient (Wildman–Crippen LogP) is 12.1. The number of hydrogen-bond acceptors (Lipinski definition) is 2. The molecule has 0 N–H and O–H groups in total. The van der Waals surface area contributed by atoms with E-state index in [0.717, 1.165) is 28.6 Å². The lowest BCUT2D eigenvalue weighted by Crippen LogP contribution is -2.16. The van der Waals surface area contributed by atoms with Gasteiger partial charge in [-0.1, -0.05) is 112 Å². The zero-order valence-electron chi connectivity index (χ0n) is 26.3. The minimum Gasteiger partial charge on any atom is -0.453 e. The van der Waals surface area contributed by atoms with E-state index in [9.17, 15) is 0 Å². The number of anilines is 3. The highest BCUT2D eigenvalue weighted by Gasteiger charge is 2.28. The molecule has 0 radical (unpaired) electrons. The SMILES string of the molecule is Cc1cc(C)cc(-c2cc(N3c4ccccc4Oc4ccccc43)cc(-c3cc(C)cc(C)c3)c2-c2cc(C)cc(C)c2)c1. The Kier molecular flexibility index (Phi) is 6.86. The monoisotopic (exact) mass is 571 g/mol. The van der Waals surface area contributed by atoms with E-state index in [1.807, 2.05) is 12.1 Å². The fraction of sp³-hybridized carbons (Fsp3) is 0.143. The van der Waals surface area contributed by atoms with E-state index in [0.29, 0.717) is 0 Å². The number of ether oxygens (including phenoxy) is 1. The van der Waals surface area contributed by atoms with Crippen LogP contribution in [0.3, 0.4) is 0 Å². The summed E-state index contributed by atoms with van der Waals surface area (Å²) in [7, 11) is 0. The summed E-state index contributed by atoms with van der Waals surface area (Å²) in [4.78, 5) is 2.36. The van der Waals surface area contributed by atoms with E-state index in [1.54, 1.807) is 0 Å². The van der Waals surface area contributed by atoms with E-state index in [4.69, 9.17) is 4.74 Å². The molecule has 1 aliphatic heterocycles. The molecular weight excluding hydrogens is 534 g/mol. The van der Waals surface area contributed by atoms with Crippen molar-refractivity contribution in [3.05, 3.63) is 149 Å². The molecule has 1 heterocycles. The number of hydrogen-bond donors (Lipinski definition) is 0. The van der Waals surface area contributed by atoms with Crippen LogP contribution in [-0.2, 0) is 0 Å². The summed E-state index contributed by atoms with van der Waals surface area (Å²) < 4.78 is 6.40. The van der Waals surface area contributed by atoms with Crippen LogP contribution in [0.2, 0.25) is 0 Å². The van der Waals surface area contributed by atoms with Crippen molar-refractivity contribution in [3.63, 3.8) is 0 Å². The maximum Gasteiger partial charge on any atom is 0.151 e. The molecule has 2 nitrogen and oxygen atoms in total. The molecule has 0 aliphatic carbocycles. The van der Waals surface area contributed by atoms with Crippen LogP contribution in [0.15, 0.2) is 115 Å². The maximum absolute atomic E-state index is 6.40. The first kappa shape index (κ1) is 27.7. The molecule has 0 aromatic heterocycles. The van der Waals surface area contributed by atoms with E-state index < -0.39 is 0 Å². The van der Waals surface area contributed by atoms with Crippen LogP contribution in [0, 0.1) is 41.5 Å². The molecule has 0 saturated heterocycles. The number of para-hydroxylation sites is 4. The zero-order chi connectivity index (χ0) is 30.5. The fourth-order valence-corrected chi connectivity index (χ4v) is 6.88. The molecule has 2 heteroatoms. The Hall–Kier alpha value is -5.08. The smallest absolute Gasteiger partial charge is 0.151 e. The van der Waals surface area contributed by atoms with Crippen LogP contribution >= 0.6 is 0 Å². The van der Waals surface area contributed by atoms with E-state index >= 15 is 0 Å². The zero-order valence-corrected chi connectivity index (χ0v) is 26.3. The summed E-state index contributed by atoms with van der Waals surface area (Å²) >= 11 is 0. The standard InChI is InChI=1S/C42H37NO/c1-26-15-27(2)19-32(18-26)36-24-35(43-38-11-7-9-13-40(38)44-41-14-10-8-12-39(41)43)25-37(33-20-28(3)16-29(4)21-33)42(36)34-22-30(5)17-31(6)23-34/h7-25H,1-6H3. The Balaban J connectivity index is 1.63. The van der Waals surface area contributed by atoms with Crippen LogP contribution in [0.1, 0.15) is 33.4 Å². The second kappa shape index (κ2) is 10.9. The molecule has 0 spiro atoms. The van der Waals surface area contributed by atoms with Gasteiger partial charge in [-0.3, -0.25) is 0 Å². The Labute approximate surface area is 261 Å². The first-order valence-electron chi connectivity index (χ1n) is 15.3. The van der Waals surface area contributed by atoms with Crippen LogP contribution in [-0.4, -0.2) is 0 Å². The maximum atomic E-state index is 6.40. The van der Waals surface area contributed by atoms with Crippen molar-refractivity contribution in [1.82, 2.24) is 0 Å². The summed E-state index contributed by atoms with van der Waals surface area (Å²) in [6.45, 7) is 13.2. The quantitative estimate of drug-likeness (QED) is 0.208. The number of nitrogens with zero attached hydrogens (tertiary/aromatic N) is 1. The minimum atomic E-state index is 0.852. The third-order valence-corrected chi connectivity index (χ3v) is 8.39. The Morgan fingerprint density at radius 2 is 0.773 bits per heavy atom. The summed E-state index contributed by atoms with van der Waals surface area (Å²) in [5.74, 6) is 1.70. The van der Waals surface area contributed by atoms with Crippen molar-refractivity contribution in [2.45, 2.75) is 41.5 Å². The average Bonchev–Trinajstić information content (AvgIpc) is 2.97. The molecule has 0 bridgehead atoms. The second-order valence-corrected chi connectivity index (χ2v) is 12.4. The lowest BCUT2D eigenvalue weighted by Gasteiger charge is -2.34. The van der Waals surface area contributed by atoms with Gasteiger partial charge < -0.3 is 9.64 Å². The van der Waals surface area contributed by atoms with Crippen molar-refractivity contribution < 1.29 is 4.74 Å². The van der Waals surface area contributed by atoms with Crippen LogP contribution in [0.4, 0.5) is 17.1 Å². The van der Waals surface area contributed by atoms with Gasteiger partial charge in [-0.25, -0.2) is 0 Å². The molecule has 1 aliphatic rings. The predicted molar refractivity (Wildman–Crippen MR) is 186 cm³/mol. The van der Waals surface area contributed by atoms with Crippen LogP contribution < -0.4 is 9.64 Å². The minimum absolute atomic E-state index is 0.852. The first-order chi connectivity index (χ1) is 21.2. The molecule has 0 unspecified atom stereocenters. The third kappa shape index (κ3) is 5.07. The van der Waals surface area contributed by atoms with Gasteiger partial charge in [0.05, 0.1) is 11.4 Å². The van der Waals surface area contributed by atoms with Crippen molar-refractivity contribution >= 4 is 17.1 Å². The summed E-state index contributed by atoms with van der Waals surface area (Å²) in [6.07, 6.45) is 0. The van der Waals surface area contributed by atoms with Gasteiger partial charge in [0.1, 0.15) is 0 Å². The number of benzene rings is 6. The van der Waals surface area contributed by atoms with Gasteiger partial charge >= 0.3 is 0 Å². The average molecular weight is 572 g/mol. The van der Waals surface area contributed by atoms with E-state index in [-0.39, 0.29) is 0 Å². The van der Waals surface area contributed by atoms with Gasteiger partial charge in [-0.05, 0) is 111 Å². The highest BCUT2D eigenvalue weighted by Crippen LogP contribution is 2.53. The highest BCUT2D eigenvalue weighted by atomic mass is 16.5. The fourth-order valence-electron chi connectivity index (χ4n) is 6.88. The molecule has 6 aromatic rings. The summed E-state index contributed by atoms with van der Waals surface area (Å²) in [6, 6.07) is 42.1. The lowest BCUT2D eigenvalue weighted by atomic mass is 9.84. The van der Waals surface area contributed by atoms with Gasteiger partial charge in [-0.2, -0.15) is 0 Å². The van der Waals surface area contributed by atoms with Gasteiger partial charge in [0, 0.05) is 5.69 Å². The molecular formula is C42H37NO. The first-order valence-corrected chi connectivity index (χ1v) is 15.3. The summed E-state index contributed by atoms with van der Waals surface area (Å²) in [5.41, 5.74) is 18.1. The van der Waals surface area contributed by atoms with Gasteiger partial charge in [0.25, 0.3) is 0 Å². The van der Waals surface area contributed by atoms with Crippen molar-refractivity contribution in [2.75, 3.05) is 4.90 Å². The van der Waals surface area contributed by atoms with Gasteiger partial charge in [0.2, 0.25) is 0 Å². The highest BCUT2D eigenvalue weighted by molar-refractivity contribution is 6.00. The molecule has 0 atom stereocenters. The number of rotatable bonds is 4. The molecule has 216 valence electrons. The number of aryl methyl sites for hydroxylation is 6. The van der Waals surface area contributed by atoms with Crippen molar-refractivity contribution in [3.8, 4) is 44.9 Å². The molecule has 0 saturated carbocycles. The summed E-state index contributed by atoms with van der Waals surface area (Å²) in [5, 5.41) is 0. The molecule has 6 aromatic carbocycles. The van der Waals surface area contributed by atoms with Gasteiger partial charge in [-0.15, -0.1) is 0 Å². The van der Waals surface area contributed by atoms with Gasteiger partial charge in [0.15, 0.2) is 11.5 Å². The Bertz CT molecular complexity index is 1890. The van der Waals surface area contributed by atoms with Crippen molar-refractivity contribution in [1.29, 1.82) is 0 Å². The molecule has 44 heavy (non-hydrogen) atoms. The second-order valence-electron chi connectivity index (χ2n) is 12.4. The lowest BCUT2D eigenvalue weighted by molar-refractivity contribution is 0.477. The number of fused-ring (bicyclic) bond motifs is 2. The largest absolute Gasteiger partial charge is 0.453 e. The van der Waals surface area contributed by atoms with Crippen LogP contribution in [0.25, 0.3) is 33.4 Å². The molecule has 7 rings (SSSR count). The Morgan fingerprint density at radius 1 is 0.409 bits per heavy atom. The topological polar surface area (TPSA) is 12.5 Å². The van der Waals surface area contributed by atoms with E-state index in [2.05, 4.69) is 150 Å². The third-order valence-electron chi connectivity index (χ3n) is 8.39. The molecule has 0 fully saturated rings.